The molecular formula is C17H25ClN2O. The monoisotopic (exact) mass is 308 g/mol. The maximum atomic E-state index is 6.39. The number of aromatic nitrogens is 2. The molecule has 3 rings (SSSR count). The summed E-state index contributed by atoms with van der Waals surface area (Å²) in [4.78, 5) is 8.47. The van der Waals surface area contributed by atoms with Gasteiger partial charge in [-0.3, -0.25) is 0 Å². The predicted molar refractivity (Wildman–Crippen MR) is 84.8 cm³/mol. The highest BCUT2D eigenvalue weighted by Gasteiger charge is 2.62. The van der Waals surface area contributed by atoms with Crippen LogP contribution < -0.4 is 4.74 Å². The molecule has 2 aliphatic carbocycles. The van der Waals surface area contributed by atoms with E-state index >= 15 is 0 Å². The normalized spacial score (nSPS) is 33.7. The third-order valence-electron chi connectivity index (χ3n) is 6.34. The van der Waals surface area contributed by atoms with E-state index in [4.69, 9.17) is 16.3 Å². The standard InChI is InChI=1S/C17H25ClN2O/c1-10(2)13-14(18)19-9-20-15(13)21-12-8-11-6-7-17(12,5)16(11,3)4/h9-12H,6-8H2,1-5H3. The molecule has 0 radical (unpaired) electrons. The summed E-state index contributed by atoms with van der Waals surface area (Å²) in [5.41, 5.74) is 1.50. The fourth-order valence-corrected chi connectivity index (χ4v) is 4.72. The summed E-state index contributed by atoms with van der Waals surface area (Å²) in [7, 11) is 0. The van der Waals surface area contributed by atoms with Crippen LogP contribution in [0.3, 0.4) is 0 Å². The van der Waals surface area contributed by atoms with E-state index in [1.54, 1.807) is 0 Å². The Morgan fingerprint density at radius 3 is 2.52 bits per heavy atom. The van der Waals surface area contributed by atoms with Crippen molar-refractivity contribution in [3.05, 3.63) is 17.0 Å². The zero-order valence-electron chi connectivity index (χ0n) is 13.6. The summed E-state index contributed by atoms with van der Waals surface area (Å²) in [6.45, 7) is 11.4. The van der Waals surface area contributed by atoms with Crippen LogP contribution in [0.2, 0.25) is 5.15 Å². The van der Waals surface area contributed by atoms with Crippen LogP contribution in [0.5, 0.6) is 5.88 Å². The van der Waals surface area contributed by atoms with Crippen molar-refractivity contribution in [3.63, 3.8) is 0 Å². The molecular weight excluding hydrogens is 284 g/mol. The van der Waals surface area contributed by atoms with Gasteiger partial charge >= 0.3 is 0 Å². The molecule has 0 aliphatic heterocycles. The smallest absolute Gasteiger partial charge is 0.221 e. The largest absolute Gasteiger partial charge is 0.473 e. The number of ether oxygens (including phenoxy) is 1. The first-order chi connectivity index (χ1) is 9.77. The van der Waals surface area contributed by atoms with E-state index in [1.807, 2.05) is 0 Å². The fraction of sp³-hybridized carbons (Fsp3) is 0.765. The lowest BCUT2D eigenvalue weighted by molar-refractivity contribution is 0.0264. The van der Waals surface area contributed by atoms with Crippen molar-refractivity contribution >= 4 is 11.6 Å². The lowest BCUT2D eigenvalue weighted by Gasteiger charge is -2.38. The van der Waals surface area contributed by atoms with Gasteiger partial charge in [0.05, 0.1) is 5.56 Å². The molecule has 4 heteroatoms. The minimum atomic E-state index is 0.226. The molecule has 116 valence electrons. The van der Waals surface area contributed by atoms with E-state index in [2.05, 4.69) is 44.6 Å². The molecule has 1 aromatic heterocycles. The number of hydrogen-bond acceptors (Lipinski definition) is 3. The van der Waals surface area contributed by atoms with Crippen LogP contribution in [-0.4, -0.2) is 16.1 Å². The fourth-order valence-electron chi connectivity index (χ4n) is 4.38. The topological polar surface area (TPSA) is 35.0 Å². The molecule has 3 nitrogen and oxygen atoms in total. The van der Waals surface area contributed by atoms with Gasteiger partial charge in [0, 0.05) is 5.41 Å². The molecule has 3 unspecified atom stereocenters. The van der Waals surface area contributed by atoms with E-state index in [-0.39, 0.29) is 17.4 Å². The lowest BCUT2D eigenvalue weighted by Crippen LogP contribution is -2.39. The molecule has 3 atom stereocenters. The Morgan fingerprint density at radius 1 is 1.29 bits per heavy atom. The SMILES string of the molecule is CC(C)c1c(Cl)ncnc1OC1CC2CCC1(C)C2(C)C. The Hall–Kier alpha value is -0.830. The van der Waals surface area contributed by atoms with E-state index in [0.717, 1.165) is 17.9 Å². The van der Waals surface area contributed by atoms with Gasteiger partial charge in [0.25, 0.3) is 0 Å². The van der Waals surface area contributed by atoms with E-state index in [9.17, 15) is 0 Å². The minimum Gasteiger partial charge on any atom is -0.473 e. The summed E-state index contributed by atoms with van der Waals surface area (Å²) in [6, 6.07) is 0. The van der Waals surface area contributed by atoms with Crippen molar-refractivity contribution in [2.75, 3.05) is 0 Å². The highest BCUT2D eigenvalue weighted by Crippen LogP contribution is 2.66. The number of halogens is 1. The average Bonchev–Trinajstić information content (AvgIpc) is 2.71. The molecule has 0 aromatic carbocycles. The molecule has 0 saturated heterocycles. The second kappa shape index (κ2) is 4.84. The van der Waals surface area contributed by atoms with Crippen molar-refractivity contribution in [2.45, 2.75) is 65.9 Å². The Balaban J connectivity index is 1.91. The van der Waals surface area contributed by atoms with Gasteiger partial charge in [-0.2, -0.15) is 0 Å². The summed E-state index contributed by atoms with van der Waals surface area (Å²) < 4.78 is 6.39. The quantitative estimate of drug-likeness (QED) is 0.749. The van der Waals surface area contributed by atoms with Crippen molar-refractivity contribution in [1.29, 1.82) is 0 Å². The van der Waals surface area contributed by atoms with Gasteiger partial charge in [0.1, 0.15) is 17.6 Å². The molecule has 0 N–H and O–H groups in total. The maximum Gasteiger partial charge on any atom is 0.221 e. The van der Waals surface area contributed by atoms with Crippen LogP contribution >= 0.6 is 11.6 Å². The third kappa shape index (κ3) is 2.08. The predicted octanol–water partition coefficient (Wildman–Crippen LogP) is 4.85. The first kappa shape index (κ1) is 15.1. The number of fused-ring (bicyclic) bond motifs is 2. The van der Waals surface area contributed by atoms with Crippen molar-refractivity contribution in [3.8, 4) is 5.88 Å². The van der Waals surface area contributed by atoms with E-state index < -0.39 is 0 Å². The van der Waals surface area contributed by atoms with Crippen LogP contribution in [0.25, 0.3) is 0 Å². The molecule has 2 bridgehead atoms. The van der Waals surface area contributed by atoms with Gasteiger partial charge < -0.3 is 4.74 Å². The highest BCUT2D eigenvalue weighted by atomic mass is 35.5. The molecule has 1 aromatic rings. The molecule has 1 heterocycles. The lowest BCUT2D eigenvalue weighted by atomic mass is 9.70. The summed E-state index contributed by atoms with van der Waals surface area (Å²) in [6.07, 6.45) is 5.43. The van der Waals surface area contributed by atoms with Crippen molar-refractivity contribution < 1.29 is 4.74 Å². The molecule has 2 fully saturated rings. The minimum absolute atomic E-state index is 0.226. The Morgan fingerprint density at radius 2 is 2.00 bits per heavy atom. The van der Waals surface area contributed by atoms with Gasteiger partial charge in [0.15, 0.2) is 0 Å². The zero-order valence-corrected chi connectivity index (χ0v) is 14.4. The zero-order chi connectivity index (χ0) is 15.4. The average molecular weight is 309 g/mol. The third-order valence-corrected chi connectivity index (χ3v) is 6.65. The molecule has 21 heavy (non-hydrogen) atoms. The van der Waals surface area contributed by atoms with E-state index in [0.29, 0.717) is 16.4 Å². The Kier molecular flexibility index (Phi) is 3.47. The number of rotatable bonds is 3. The molecule has 0 amide bonds. The van der Waals surface area contributed by atoms with Crippen LogP contribution in [0.1, 0.15) is 65.4 Å². The van der Waals surface area contributed by atoms with Crippen molar-refractivity contribution in [1.82, 2.24) is 9.97 Å². The van der Waals surface area contributed by atoms with Gasteiger partial charge in [-0.05, 0) is 36.5 Å². The first-order valence-corrected chi connectivity index (χ1v) is 8.32. The van der Waals surface area contributed by atoms with Gasteiger partial charge in [-0.15, -0.1) is 0 Å². The second-order valence-electron chi connectivity index (χ2n) is 7.75. The first-order valence-electron chi connectivity index (χ1n) is 7.94. The molecule has 2 aliphatic rings. The van der Waals surface area contributed by atoms with Gasteiger partial charge in [-0.25, -0.2) is 9.97 Å². The van der Waals surface area contributed by atoms with Crippen LogP contribution in [0.15, 0.2) is 6.33 Å². The van der Waals surface area contributed by atoms with Crippen LogP contribution in [-0.2, 0) is 0 Å². The number of nitrogens with zero attached hydrogens (tertiary/aromatic N) is 2. The van der Waals surface area contributed by atoms with Crippen LogP contribution in [0.4, 0.5) is 0 Å². The van der Waals surface area contributed by atoms with Crippen LogP contribution in [0, 0.1) is 16.7 Å². The van der Waals surface area contributed by atoms with Crippen molar-refractivity contribution in [2.24, 2.45) is 16.7 Å². The maximum absolute atomic E-state index is 6.39. The highest BCUT2D eigenvalue weighted by molar-refractivity contribution is 6.30. The summed E-state index contributed by atoms with van der Waals surface area (Å²) in [5, 5.41) is 0.516. The van der Waals surface area contributed by atoms with Gasteiger partial charge in [0.2, 0.25) is 5.88 Å². The van der Waals surface area contributed by atoms with Gasteiger partial charge in [-0.1, -0.05) is 46.2 Å². The number of hydrogen-bond donors (Lipinski definition) is 0. The Labute approximate surface area is 132 Å². The Bertz CT molecular complexity index is 558. The molecule has 2 saturated carbocycles. The second-order valence-corrected chi connectivity index (χ2v) is 8.11. The molecule has 0 spiro atoms. The summed E-state index contributed by atoms with van der Waals surface area (Å²) in [5.74, 6) is 1.69. The summed E-state index contributed by atoms with van der Waals surface area (Å²) >= 11 is 6.25. The van der Waals surface area contributed by atoms with E-state index in [1.165, 1.54) is 19.2 Å².